The van der Waals surface area contributed by atoms with Gasteiger partial charge >= 0.3 is 12.1 Å². The molecular weight excluding hydrogens is 235 g/mol. The molecule has 1 rings (SSSR count). The summed E-state index contributed by atoms with van der Waals surface area (Å²) in [6.07, 6.45) is -3.55. The van der Waals surface area contributed by atoms with E-state index in [-0.39, 0.29) is 6.42 Å². The van der Waals surface area contributed by atoms with Crippen molar-refractivity contribution < 1.29 is 23.1 Å². The topological polar surface area (TPSA) is 40.5 Å². The maximum Gasteiger partial charge on any atom is 0.389 e. The van der Waals surface area contributed by atoms with Gasteiger partial charge in [-0.25, -0.2) is 0 Å². The molecule has 1 fully saturated rings. The summed E-state index contributed by atoms with van der Waals surface area (Å²) >= 11 is 0. The minimum atomic E-state index is -4.12. The highest BCUT2D eigenvalue weighted by Crippen LogP contribution is 2.30. The van der Waals surface area contributed by atoms with Gasteiger partial charge in [0.1, 0.15) is 0 Å². The van der Waals surface area contributed by atoms with E-state index in [0.29, 0.717) is 26.1 Å². The standard InChI is InChI=1S/C11H18F3NO2/c1-10(9(16)17)4-2-6-15(8-10)7-3-5-11(12,13)14/h2-8H2,1H3,(H,16,17). The van der Waals surface area contributed by atoms with Crippen LogP contribution in [0, 0.1) is 5.41 Å². The van der Waals surface area contributed by atoms with Gasteiger partial charge in [0, 0.05) is 13.0 Å². The van der Waals surface area contributed by atoms with Crippen LogP contribution in [-0.2, 0) is 4.79 Å². The predicted octanol–water partition coefficient (Wildman–Crippen LogP) is 2.52. The molecule has 0 aromatic heterocycles. The van der Waals surface area contributed by atoms with Crippen molar-refractivity contribution in [2.45, 2.75) is 38.8 Å². The second kappa shape index (κ2) is 5.25. The van der Waals surface area contributed by atoms with Gasteiger partial charge in [-0.05, 0) is 39.3 Å². The highest BCUT2D eigenvalue weighted by atomic mass is 19.4. The Morgan fingerprint density at radius 3 is 2.65 bits per heavy atom. The molecule has 6 heteroatoms. The van der Waals surface area contributed by atoms with Gasteiger partial charge in [0.05, 0.1) is 5.41 Å². The fourth-order valence-electron chi connectivity index (χ4n) is 2.21. The lowest BCUT2D eigenvalue weighted by Crippen LogP contribution is -2.46. The summed E-state index contributed by atoms with van der Waals surface area (Å²) in [5, 5.41) is 9.06. The minimum Gasteiger partial charge on any atom is -0.481 e. The fraction of sp³-hybridized carbons (Fsp3) is 0.909. The number of carbonyl (C=O) groups is 1. The second-order valence-electron chi connectivity index (χ2n) is 4.96. The average molecular weight is 253 g/mol. The zero-order valence-electron chi connectivity index (χ0n) is 9.89. The van der Waals surface area contributed by atoms with E-state index in [4.69, 9.17) is 5.11 Å². The quantitative estimate of drug-likeness (QED) is 0.837. The summed E-state index contributed by atoms with van der Waals surface area (Å²) in [5.74, 6) is -0.863. The number of hydrogen-bond acceptors (Lipinski definition) is 2. The molecule has 1 atom stereocenters. The largest absolute Gasteiger partial charge is 0.481 e. The number of aliphatic carboxylic acids is 1. The van der Waals surface area contributed by atoms with Crippen molar-refractivity contribution >= 4 is 5.97 Å². The molecule has 1 unspecified atom stereocenters. The third kappa shape index (κ3) is 4.53. The smallest absolute Gasteiger partial charge is 0.389 e. The van der Waals surface area contributed by atoms with E-state index in [9.17, 15) is 18.0 Å². The van der Waals surface area contributed by atoms with Crippen LogP contribution in [0.15, 0.2) is 0 Å². The van der Waals surface area contributed by atoms with E-state index in [1.54, 1.807) is 6.92 Å². The Morgan fingerprint density at radius 1 is 1.47 bits per heavy atom. The molecular formula is C11H18F3NO2. The summed E-state index contributed by atoms with van der Waals surface area (Å²) in [5.41, 5.74) is -0.809. The Labute approximate surface area is 98.6 Å². The predicted molar refractivity (Wildman–Crippen MR) is 56.7 cm³/mol. The minimum absolute atomic E-state index is 0.0409. The number of carboxylic acid groups (broad SMARTS) is 1. The molecule has 1 aliphatic heterocycles. The Balaban J connectivity index is 2.38. The van der Waals surface area contributed by atoms with Crippen LogP contribution in [-0.4, -0.2) is 41.8 Å². The maximum atomic E-state index is 12.0. The molecule has 1 aliphatic rings. The second-order valence-corrected chi connectivity index (χ2v) is 4.96. The van der Waals surface area contributed by atoms with E-state index in [2.05, 4.69) is 0 Å². The van der Waals surface area contributed by atoms with E-state index in [1.807, 2.05) is 4.90 Å². The fourth-order valence-corrected chi connectivity index (χ4v) is 2.21. The third-order valence-corrected chi connectivity index (χ3v) is 3.23. The number of nitrogens with zero attached hydrogens (tertiary/aromatic N) is 1. The number of carboxylic acids is 1. The highest BCUT2D eigenvalue weighted by molar-refractivity contribution is 5.74. The molecule has 100 valence electrons. The molecule has 1 N–H and O–H groups in total. The van der Waals surface area contributed by atoms with Crippen molar-refractivity contribution in [2.24, 2.45) is 5.41 Å². The molecule has 0 bridgehead atoms. The van der Waals surface area contributed by atoms with E-state index in [1.165, 1.54) is 0 Å². The van der Waals surface area contributed by atoms with Crippen LogP contribution in [0.5, 0.6) is 0 Å². The first-order chi connectivity index (χ1) is 7.73. The number of likely N-dealkylation sites (tertiary alicyclic amines) is 1. The molecule has 0 aromatic carbocycles. The summed E-state index contributed by atoms with van der Waals surface area (Å²) < 4.78 is 35.9. The van der Waals surface area contributed by atoms with Crippen LogP contribution in [0.3, 0.4) is 0 Å². The van der Waals surface area contributed by atoms with Gasteiger partial charge in [-0.3, -0.25) is 4.79 Å². The monoisotopic (exact) mass is 253 g/mol. The van der Waals surface area contributed by atoms with Crippen LogP contribution in [0.25, 0.3) is 0 Å². The van der Waals surface area contributed by atoms with Gasteiger partial charge in [0.15, 0.2) is 0 Å². The Morgan fingerprint density at radius 2 is 2.12 bits per heavy atom. The molecule has 0 radical (unpaired) electrons. The molecule has 3 nitrogen and oxygen atoms in total. The average Bonchev–Trinajstić information content (AvgIpc) is 2.15. The molecule has 1 saturated heterocycles. The zero-order valence-corrected chi connectivity index (χ0v) is 9.89. The van der Waals surface area contributed by atoms with Crippen molar-refractivity contribution in [3.8, 4) is 0 Å². The van der Waals surface area contributed by atoms with E-state index >= 15 is 0 Å². The highest BCUT2D eigenvalue weighted by Gasteiger charge is 2.37. The molecule has 0 aliphatic carbocycles. The first-order valence-electron chi connectivity index (χ1n) is 5.75. The summed E-state index contributed by atoms with van der Waals surface area (Å²) in [6.45, 7) is 3.02. The first kappa shape index (κ1) is 14.3. The number of halogens is 3. The Bertz CT molecular complexity index is 280. The SMILES string of the molecule is CC1(C(=O)O)CCCN(CCCC(F)(F)F)C1. The van der Waals surface area contributed by atoms with Gasteiger partial charge in [-0.15, -0.1) is 0 Å². The van der Waals surface area contributed by atoms with Crippen LogP contribution >= 0.6 is 0 Å². The van der Waals surface area contributed by atoms with Crippen molar-refractivity contribution in [1.82, 2.24) is 4.90 Å². The Kier molecular flexibility index (Phi) is 4.41. The van der Waals surface area contributed by atoms with Crippen LogP contribution < -0.4 is 0 Å². The van der Waals surface area contributed by atoms with Gasteiger partial charge in [0.25, 0.3) is 0 Å². The summed E-state index contributed by atoms with van der Waals surface area (Å²) in [7, 11) is 0. The van der Waals surface area contributed by atoms with Crippen molar-refractivity contribution in [3.05, 3.63) is 0 Å². The number of piperidine rings is 1. The molecule has 17 heavy (non-hydrogen) atoms. The Hall–Kier alpha value is -0.780. The van der Waals surface area contributed by atoms with Crippen LogP contribution in [0.4, 0.5) is 13.2 Å². The molecule has 0 saturated carbocycles. The lowest BCUT2D eigenvalue weighted by Gasteiger charge is -2.37. The van der Waals surface area contributed by atoms with Gasteiger partial charge in [0.2, 0.25) is 0 Å². The van der Waals surface area contributed by atoms with E-state index in [0.717, 1.165) is 6.42 Å². The van der Waals surface area contributed by atoms with Crippen molar-refractivity contribution in [3.63, 3.8) is 0 Å². The third-order valence-electron chi connectivity index (χ3n) is 3.23. The lowest BCUT2D eigenvalue weighted by atomic mass is 9.82. The lowest BCUT2D eigenvalue weighted by molar-refractivity contribution is -0.152. The summed E-state index contributed by atoms with van der Waals surface area (Å²) in [4.78, 5) is 12.9. The number of alkyl halides is 3. The first-order valence-corrected chi connectivity index (χ1v) is 5.75. The van der Waals surface area contributed by atoms with Crippen LogP contribution in [0.2, 0.25) is 0 Å². The normalized spacial score (nSPS) is 27.1. The molecule has 0 aromatic rings. The van der Waals surface area contributed by atoms with Gasteiger partial charge < -0.3 is 10.0 Å². The molecule has 1 heterocycles. The molecule has 0 spiro atoms. The number of hydrogen-bond donors (Lipinski definition) is 1. The van der Waals surface area contributed by atoms with E-state index < -0.39 is 24.0 Å². The summed E-state index contributed by atoms with van der Waals surface area (Å²) in [6, 6.07) is 0. The maximum absolute atomic E-state index is 12.0. The zero-order chi connectivity index (χ0) is 13.1. The number of rotatable bonds is 4. The van der Waals surface area contributed by atoms with Gasteiger partial charge in [-0.2, -0.15) is 13.2 Å². The van der Waals surface area contributed by atoms with Crippen LogP contribution in [0.1, 0.15) is 32.6 Å². The van der Waals surface area contributed by atoms with Crippen molar-refractivity contribution in [2.75, 3.05) is 19.6 Å². The molecule has 0 amide bonds. The van der Waals surface area contributed by atoms with Gasteiger partial charge in [-0.1, -0.05) is 0 Å². The van der Waals surface area contributed by atoms with Crippen molar-refractivity contribution in [1.29, 1.82) is 0 Å².